The molecule has 23 heavy (non-hydrogen) atoms. The van der Waals surface area contributed by atoms with Crippen molar-refractivity contribution in [2.75, 3.05) is 0 Å². The number of hydrogen-bond donors (Lipinski definition) is 2. The number of allylic oxidation sites excluding steroid dienone is 2. The lowest BCUT2D eigenvalue weighted by Gasteiger charge is -2.07. The average molecular weight is 327 g/mol. The van der Waals surface area contributed by atoms with Crippen molar-refractivity contribution in [2.45, 2.75) is 25.3 Å². The molecule has 0 amide bonds. The van der Waals surface area contributed by atoms with Gasteiger partial charge in [0.25, 0.3) is 0 Å². The molecule has 0 radical (unpaired) electrons. The molecule has 3 heterocycles. The summed E-state index contributed by atoms with van der Waals surface area (Å²) < 4.78 is 1.83. The lowest BCUT2D eigenvalue weighted by Crippen LogP contribution is -2.14. The highest BCUT2D eigenvalue weighted by atomic mass is 35.5. The van der Waals surface area contributed by atoms with Gasteiger partial charge in [-0.2, -0.15) is 5.10 Å². The van der Waals surface area contributed by atoms with E-state index in [1.54, 1.807) is 12.3 Å². The second kappa shape index (κ2) is 5.62. The molecule has 0 saturated heterocycles. The van der Waals surface area contributed by atoms with E-state index in [4.69, 9.17) is 17.0 Å². The molecule has 4 rings (SSSR count). The molecular formula is C16H15ClN6. The van der Waals surface area contributed by atoms with E-state index in [1.807, 2.05) is 16.8 Å². The highest BCUT2D eigenvalue weighted by molar-refractivity contribution is 6.73. The Bertz CT molecular complexity index is 872. The fraction of sp³-hybridized carbons (Fsp3) is 0.250. The molecule has 1 saturated carbocycles. The molecule has 1 fully saturated rings. The average Bonchev–Trinajstić information content (AvgIpc) is 3.30. The first-order chi connectivity index (χ1) is 11.2. The van der Waals surface area contributed by atoms with Gasteiger partial charge < -0.3 is 10.7 Å². The molecule has 2 N–H and O–H groups in total. The number of hydrogen-bond acceptors (Lipinski definition) is 5. The Hall–Kier alpha value is -2.47. The number of nitrogens with zero attached hydrogens (tertiary/aromatic N) is 4. The number of fused-ring (bicyclic) bond motifs is 1. The molecule has 1 aliphatic carbocycles. The van der Waals surface area contributed by atoms with Crippen LogP contribution in [-0.2, 0) is 6.54 Å². The van der Waals surface area contributed by atoms with Crippen molar-refractivity contribution in [3.05, 3.63) is 53.8 Å². The highest BCUT2D eigenvalue weighted by Crippen LogP contribution is 2.38. The van der Waals surface area contributed by atoms with Crippen molar-refractivity contribution >= 4 is 28.1 Å². The van der Waals surface area contributed by atoms with Crippen LogP contribution in [0.25, 0.3) is 5.65 Å². The summed E-state index contributed by atoms with van der Waals surface area (Å²) >= 11 is 6.00. The van der Waals surface area contributed by atoms with E-state index >= 15 is 0 Å². The number of rotatable bonds is 4. The summed E-state index contributed by atoms with van der Waals surface area (Å²) in [6, 6.07) is 4.07. The van der Waals surface area contributed by atoms with Gasteiger partial charge in [-0.1, -0.05) is 11.6 Å². The van der Waals surface area contributed by atoms with Gasteiger partial charge in [0.05, 0.1) is 35.4 Å². The van der Waals surface area contributed by atoms with Crippen molar-refractivity contribution in [1.29, 1.82) is 5.41 Å². The second-order valence-corrected chi connectivity index (χ2v) is 6.01. The minimum atomic E-state index is 0.316. The third-order valence-corrected chi connectivity index (χ3v) is 4.16. The number of aliphatic imine (C=N–C) groups is 1. The molecule has 0 atom stereocenters. The highest BCUT2D eigenvalue weighted by Gasteiger charge is 2.25. The van der Waals surface area contributed by atoms with Crippen LogP contribution >= 0.6 is 11.6 Å². The normalized spacial score (nSPS) is 19.4. The largest absolute Gasteiger partial charge is 0.385 e. The first-order valence-corrected chi connectivity index (χ1v) is 7.86. The Labute approximate surface area is 138 Å². The molecule has 0 unspecified atom stereocenters. The fourth-order valence-electron chi connectivity index (χ4n) is 2.47. The van der Waals surface area contributed by atoms with Gasteiger partial charge in [-0.05, 0) is 31.1 Å². The summed E-state index contributed by atoms with van der Waals surface area (Å²) in [4.78, 5) is 8.51. The molecule has 2 aromatic rings. The molecule has 0 spiro atoms. The van der Waals surface area contributed by atoms with E-state index in [9.17, 15) is 0 Å². The summed E-state index contributed by atoms with van der Waals surface area (Å²) in [6.07, 6.45) is 9.22. The molecule has 0 aromatic carbocycles. The molecule has 6 nitrogen and oxygen atoms in total. The van der Waals surface area contributed by atoms with Gasteiger partial charge >= 0.3 is 0 Å². The molecule has 0 bridgehead atoms. The van der Waals surface area contributed by atoms with Crippen molar-refractivity contribution in [3.63, 3.8) is 0 Å². The van der Waals surface area contributed by atoms with Crippen LogP contribution in [0.5, 0.6) is 0 Å². The molecule has 1 aliphatic heterocycles. The van der Waals surface area contributed by atoms with Crippen LogP contribution < -0.4 is 5.32 Å². The molecule has 116 valence electrons. The van der Waals surface area contributed by atoms with Crippen LogP contribution in [0.1, 0.15) is 30.1 Å². The van der Waals surface area contributed by atoms with E-state index in [2.05, 4.69) is 26.5 Å². The zero-order valence-corrected chi connectivity index (χ0v) is 13.1. The van der Waals surface area contributed by atoms with Crippen LogP contribution in [0, 0.1) is 5.41 Å². The monoisotopic (exact) mass is 326 g/mol. The first-order valence-electron chi connectivity index (χ1n) is 7.48. The van der Waals surface area contributed by atoms with Gasteiger partial charge in [0.15, 0.2) is 5.65 Å². The van der Waals surface area contributed by atoms with Crippen LogP contribution in [-0.4, -0.2) is 25.5 Å². The van der Waals surface area contributed by atoms with Crippen LogP contribution in [0.15, 0.2) is 47.4 Å². The van der Waals surface area contributed by atoms with E-state index in [-0.39, 0.29) is 0 Å². The summed E-state index contributed by atoms with van der Waals surface area (Å²) in [5.74, 6) is 0.625. The fourth-order valence-corrected chi connectivity index (χ4v) is 2.68. The van der Waals surface area contributed by atoms with E-state index in [0.29, 0.717) is 28.9 Å². The number of aromatic nitrogens is 3. The van der Waals surface area contributed by atoms with Gasteiger partial charge in [0.1, 0.15) is 5.17 Å². The lowest BCUT2D eigenvalue weighted by molar-refractivity contribution is 0.830. The Morgan fingerprint density at radius 2 is 2.26 bits per heavy atom. The third kappa shape index (κ3) is 2.90. The van der Waals surface area contributed by atoms with Gasteiger partial charge in [-0.15, -0.1) is 0 Å². The Kier molecular flexibility index (Phi) is 3.46. The van der Waals surface area contributed by atoms with E-state index in [0.717, 1.165) is 17.0 Å². The molecule has 2 aliphatic rings. The zero-order chi connectivity index (χ0) is 15.8. The van der Waals surface area contributed by atoms with Gasteiger partial charge in [0, 0.05) is 18.3 Å². The first kappa shape index (κ1) is 14.1. The number of halogens is 1. The maximum Gasteiger partial charge on any atom is 0.153 e. The molecular weight excluding hydrogens is 312 g/mol. The van der Waals surface area contributed by atoms with Crippen molar-refractivity contribution in [2.24, 2.45) is 4.99 Å². The lowest BCUT2D eigenvalue weighted by atomic mass is 10.1. The minimum absolute atomic E-state index is 0.316. The van der Waals surface area contributed by atoms with Crippen molar-refractivity contribution in [3.8, 4) is 0 Å². The van der Waals surface area contributed by atoms with Crippen molar-refractivity contribution in [1.82, 2.24) is 19.9 Å². The van der Waals surface area contributed by atoms with E-state index < -0.39 is 0 Å². The summed E-state index contributed by atoms with van der Waals surface area (Å²) in [5, 5.41) is 15.9. The standard InChI is InChI=1S/C16H15ClN6/c17-16-12(13(18)5-6-20-16)8-19-7-11-9-23-15(21-11)4-3-14(22-23)10-1-2-10/h3-6,8-10,18-19H,1-2,7H2/b12-8+,18-13?. The van der Waals surface area contributed by atoms with Gasteiger partial charge in [-0.3, -0.25) is 0 Å². The maximum absolute atomic E-state index is 7.83. The maximum atomic E-state index is 7.83. The Balaban J connectivity index is 1.48. The van der Waals surface area contributed by atoms with Gasteiger partial charge in [0.2, 0.25) is 0 Å². The third-order valence-electron chi connectivity index (χ3n) is 3.86. The quantitative estimate of drug-likeness (QED) is 0.906. The smallest absolute Gasteiger partial charge is 0.153 e. The predicted molar refractivity (Wildman–Crippen MR) is 90.0 cm³/mol. The Morgan fingerprint density at radius 3 is 3.04 bits per heavy atom. The topological polar surface area (TPSA) is 78.4 Å². The number of nitrogens with one attached hydrogen (secondary N) is 2. The second-order valence-electron chi connectivity index (χ2n) is 5.66. The summed E-state index contributed by atoms with van der Waals surface area (Å²) in [7, 11) is 0. The molecule has 7 heteroatoms. The van der Waals surface area contributed by atoms with E-state index in [1.165, 1.54) is 19.0 Å². The van der Waals surface area contributed by atoms with Crippen LogP contribution in [0.4, 0.5) is 0 Å². The number of imidazole rings is 1. The summed E-state index contributed by atoms with van der Waals surface area (Å²) in [6.45, 7) is 0.535. The molecule has 2 aromatic heterocycles. The minimum Gasteiger partial charge on any atom is -0.385 e. The SMILES string of the molecule is N=C1C=CN=C(Cl)/C1=C/NCc1cn2nc(C3CC3)ccc2n1. The zero-order valence-electron chi connectivity index (χ0n) is 12.3. The Morgan fingerprint density at radius 1 is 1.39 bits per heavy atom. The van der Waals surface area contributed by atoms with Crippen LogP contribution in [0.2, 0.25) is 0 Å². The van der Waals surface area contributed by atoms with Crippen LogP contribution in [0.3, 0.4) is 0 Å². The van der Waals surface area contributed by atoms with Crippen molar-refractivity contribution < 1.29 is 0 Å². The summed E-state index contributed by atoms with van der Waals surface area (Å²) in [5.41, 5.74) is 3.78. The predicted octanol–water partition coefficient (Wildman–Crippen LogP) is 2.76. The van der Waals surface area contributed by atoms with Gasteiger partial charge in [-0.25, -0.2) is 14.5 Å².